The number of β-lactam (4-membered cyclic amide) rings is 1. The summed E-state index contributed by atoms with van der Waals surface area (Å²) in [7, 11) is -4.84. The molecule has 4 N–H and O–H groups in total. The molecule has 2 aliphatic heterocycles. The van der Waals surface area contributed by atoms with Crippen LogP contribution in [0.25, 0.3) is 0 Å². The number of anilines is 1. The summed E-state index contributed by atoms with van der Waals surface area (Å²) in [5.74, 6) is -1.45. The predicted molar refractivity (Wildman–Crippen MR) is 82.6 cm³/mol. The number of hydrogen-bond acceptors (Lipinski definition) is 7. The van der Waals surface area contributed by atoms with E-state index in [1.165, 1.54) is 29.3 Å². The number of nitrogens with zero attached hydrogens (tertiary/aromatic N) is 2. The Bertz CT molecular complexity index is 845. The Morgan fingerprint density at radius 1 is 1.23 bits per heavy atom. The number of primary amides is 1. The van der Waals surface area contributed by atoms with Crippen LogP contribution in [0.2, 0.25) is 0 Å². The van der Waals surface area contributed by atoms with Crippen molar-refractivity contribution in [3.8, 4) is 0 Å². The number of hydrogen-bond donors (Lipinski definition) is 3. The van der Waals surface area contributed by atoms with Crippen molar-refractivity contribution in [2.24, 2.45) is 5.73 Å². The number of fused-ring (bicyclic) bond motifs is 1. The molecule has 1 aromatic carbocycles. The van der Waals surface area contributed by atoms with Crippen molar-refractivity contribution in [2.45, 2.75) is 18.5 Å². The van der Waals surface area contributed by atoms with Crippen molar-refractivity contribution in [3.63, 3.8) is 0 Å². The van der Waals surface area contributed by atoms with Gasteiger partial charge in [0.1, 0.15) is 6.04 Å². The summed E-state index contributed by atoms with van der Waals surface area (Å²) in [6.07, 6.45) is 0.255. The predicted octanol–water partition coefficient (Wildman–Crippen LogP) is -4.43. The van der Waals surface area contributed by atoms with Gasteiger partial charge in [-0.15, -0.1) is 0 Å². The van der Waals surface area contributed by atoms with Crippen LogP contribution >= 0.6 is 0 Å². The maximum atomic E-state index is 12.0. The average molecular weight is 391 g/mol. The number of nitrogens with two attached hydrogens (primary N) is 1. The number of amides is 4. The number of nitrogens with one attached hydrogen (secondary N) is 2. The Morgan fingerprint density at radius 3 is 2.38 bits per heavy atom. The molecule has 2 aliphatic rings. The summed E-state index contributed by atoms with van der Waals surface area (Å²) in [6, 6.07) is 3.56. The molecule has 134 valence electrons. The molecule has 13 heteroatoms. The van der Waals surface area contributed by atoms with Gasteiger partial charge in [-0.25, -0.2) is 22.5 Å². The van der Waals surface area contributed by atoms with Gasteiger partial charge < -0.3 is 15.6 Å². The fourth-order valence-corrected chi connectivity index (χ4v) is 3.82. The molecule has 2 fully saturated rings. The number of urea groups is 1. The van der Waals surface area contributed by atoms with Gasteiger partial charge in [-0.1, -0.05) is 0 Å². The van der Waals surface area contributed by atoms with Crippen LogP contribution in [0.3, 0.4) is 0 Å². The third kappa shape index (κ3) is 3.84. The molecule has 1 aromatic rings. The van der Waals surface area contributed by atoms with Gasteiger partial charge in [0.05, 0.1) is 6.04 Å². The number of carbonyl (C=O) groups excluding carboxylic acids is 3. The Hall–Kier alpha value is -1.70. The molecule has 4 amide bonds. The zero-order valence-corrected chi connectivity index (χ0v) is 16.5. The molecule has 26 heavy (non-hydrogen) atoms. The normalized spacial score (nSPS) is 22.0. The van der Waals surface area contributed by atoms with Gasteiger partial charge in [-0.05, 0) is 30.7 Å². The smallest absolute Gasteiger partial charge is 0.731 e. The zero-order chi connectivity index (χ0) is 18.4. The van der Waals surface area contributed by atoms with E-state index in [0.29, 0.717) is 9.99 Å². The van der Waals surface area contributed by atoms with Crippen LogP contribution in [0.1, 0.15) is 16.8 Å². The third-order valence-corrected chi connectivity index (χ3v) is 4.98. The molecule has 0 saturated carbocycles. The first kappa shape index (κ1) is 20.6. The zero-order valence-electron chi connectivity index (χ0n) is 13.7. The molecule has 0 bridgehead atoms. The first-order valence-corrected chi connectivity index (χ1v) is 8.58. The standard InChI is InChI=1S/C13H15N5O6S.Na/c14-11(19)7-1-3-8(4-2-7)15-13(21)16-17-6-5-9-10(17)12(20)18(9)25(22,23)24;/h1-4,9-10H,5-6H2,(H2,14,19)(H2,15,16,21)(H,22,23,24);/q;+1/p-1/t9-,10+;/m1./s1. The monoisotopic (exact) mass is 391 g/mol. The van der Waals surface area contributed by atoms with E-state index in [1.807, 2.05) is 0 Å². The molecule has 0 radical (unpaired) electrons. The van der Waals surface area contributed by atoms with Crippen molar-refractivity contribution in [1.29, 1.82) is 0 Å². The summed E-state index contributed by atoms with van der Waals surface area (Å²) >= 11 is 0. The molecule has 2 heterocycles. The summed E-state index contributed by atoms with van der Waals surface area (Å²) in [4.78, 5) is 34.8. The van der Waals surface area contributed by atoms with E-state index in [0.717, 1.165) is 0 Å². The maximum Gasteiger partial charge on any atom is 1.00 e. The first-order valence-electron chi connectivity index (χ1n) is 7.22. The Balaban J connectivity index is 0.00000243. The van der Waals surface area contributed by atoms with Crippen molar-refractivity contribution >= 4 is 33.8 Å². The van der Waals surface area contributed by atoms with E-state index in [1.54, 1.807) is 0 Å². The van der Waals surface area contributed by atoms with Gasteiger partial charge >= 0.3 is 35.6 Å². The number of carbonyl (C=O) groups is 3. The van der Waals surface area contributed by atoms with Crippen LogP contribution in [0.4, 0.5) is 10.5 Å². The van der Waals surface area contributed by atoms with E-state index in [2.05, 4.69) is 10.7 Å². The van der Waals surface area contributed by atoms with Gasteiger partial charge in [-0.3, -0.25) is 15.0 Å². The molecule has 0 spiro atoms. The SMILES string of the molecule is NC(=O)c1ccc(NC(=O)NN2CC[C@@H]3[C@H]2C(=O)N3S(=O)(=O)[O-])cc1.[Na+]. The first-order chi connectivity index (χ1) is 11.7. The van der Waals surface area contributed by atoms with Crippen LogP contribution in [0.5, 0.6) is 0 Å². The van der Waals surface area contributed by atoms with Crippen molar-refractivity contribution in [3.05, 3.63) is 29.8 Å². The van der Waals surface area contributed by atoms with Gasteiger partial charge in [0.15, 0.2) is 10.3 Å². The average Bonchev–Trinajstić information content (AvgIpc) is 2.83. The van der Waals surface area contributed by atoms with Gasteiger partial charge in [-0.2, -0.15) is 0 Å². The van der Waals surface area contributed by atoms with Crippen LogP contribution < -0.4 is 46.0 Å². The van der Waals surface area contributed by atoms with E-state index in [9.17, 15) is 27.4 Å². The molecule has 0 aliphatic carbocycles. The van der Waals surface area contributed by atoms with Crippen LogP contribution in [-0.4, -0.2) is 58.8 Å². The van der Waals surface area contributed by atoms with Gasteiger partial charge in [0.25, 0.3) is 5.91 Å². The third-order valence-electron chi connectivity index (χ3n) is 4.05. The molecule has 11 nitrogen and oxygen atoms in total. The maximum absolute atomic E-state index is 12.0. The van der Waals surface area contributed by atoms with E-state index in [4.69, 9.17) is 5.73 Å². The fraction of sp³-hybridized carbons (Fsp3) is 0.308. The summed E-state index contributed by atoms with van der Waals surface area (Å²) in [5, 5.41) is 3.80. The Labute approximate surface area is 171 Å². The molecule has 2 atom stereocenters. The van der Waals surface area contributed by atoms with Crippen molar-refractivity contribution in [1.82, 2.24) is 14.7 Å². The quantitative estimate of drug-likeness (QED) is 0.265. The molecular weight excluding hydrogens is 377 g/mol. The largest absolute Gasteiger partial charge is 1.00 e. The van der Waals surface area contributed by atoms with Crippen molar-refractivity contribution in [2.75, 3.05) is 11.9 Å². The van der Waals surface area contributed by atoms with E-state index < -0.39 is 40.2 Å². The Morgan fingerprint density at radius 2 is 1.85 bits per heavy atom. The minimum absolute atomic E-state index is 0. The fourth-order valence-electron chi connectivity index (χ4n) is 2.94. The van der Waals surface area contributed by atoms with Crippen molar-refractivity contribution < 1.29 is 56.9 Å². The summed E-state index contributed by atoms with van der Waals surface area (Å²) in [5.41, 5.74) is 8.24. The minimum Gasteiger partial charge on any atom is -0.731 e. The van der Waals surface area contributed by atoms with Crippen LogP contribution in [0, 0.1) is 0 Å². The summed E-state index contributed by atoms with van der Waals surface area (Å²) in [6.45, 7) is 0.223. The van der Waals surface area contributed by atoms with Gasteiger partial charge in [0, 0.05) is 17.8 Å². The molecule has 3 rings (SSSR count). The number of hydrazine groups is 1. The van der Waals surface area contributed by atoms with E-state index in [-0.39, 0.29) is 48.1 Å². The second-order valence-electron chi connectivity index (χ2n) is 5.59. The van der Waals surface area contributed by atoms with Crippen LogP contribution in [-0.2, 0) is 15.1 Å². The molecule has 2 saturated heterocycles. The minimum atomic E-state index is -4.84. The second kappa shape index (κ2) is 7.50. The van der Waals surface area contributed by atoms with Gasteiger partial charge in [0.2, 0.25) is 5.91 Å². The van der Waals surface area contributed by atoms with E-state index >= 15 is 0 Å². The van der Waals surface area contributed by atoms with Crippen LogP contribution in [0.15, 0.2) is 24.3 Å². The topological polar surface area (TPSA) is 165 Å². The Kier molecular flexibility index (Phi) is 5.95. The number of rotatable bonds is 4. The summed E-state index contributed by atoms with van der Waals surface area (Å²) < 4.78 is 33.3. The molecule has 0 unspecified atom stereocenters. The second-order valence-corrected chi connectivity index (χ2v) is 6.84. The number of benzene rings is 1. The molecular formula is C13H14N5NaO6S. The molecule has 0 aromatic heterocycles.